The molecule has 0 saturated heterocycles. The van der Waals surface area contributed by atoms with E-state index in [-0.39, 0.29) is 0 Å². The summed E-state index contributed by atoms with van der Waals surface area (Å²) in [5.74, 6) is 0.914. The molecular weight excluding hydrogens is 278 g/mol. The first-order valence-corrected chi connectivity index (χ1v) is 6.69. The van der Waals surface area contributed by atoms with Crippen LogP contribution in [0.4, 0.5) is 0 Å². The molecule has 0 amide bonds. The molecule has 0 aliphatic carbocycles. The van der Waals surface area contributed by atoms with Crippen molar-refractivity contribution in [2.24, 2.45) is 0 Å². The van der Waals surface area contributed by atoms with E-state index < -0.39 is 0 Å². The first-order valence-electron chi connectivity index (χ1n) is 5.90. The summed E-state index contributed by atoms with van der Waals surface area (Å²) in [5, 5.41) is 1.10. The minimum absolute atomic E-state index is 0.777. The smallest absolute Gasteiger partial charge is 0.120 e. The van der Waals surface area contributed by atoms with E-state index in [0.29, 0.717) is 0 Å². The van der Waals surface area contributed by atoms with Crippen molar-refractivity contribution in [2.75, 3.05) is 6.61 Å². The van der Waals surface area contributed by atoms with E-state index in [1.807, 2.05) is 31.2 Å². The number of unbranched alkanes of at least 4 members (excludes halogenated alkanes) is 1. The number of pyridine rings is 1. The number of fused-ring (bicyclic) bond motifs is 1. The van der Waals surface area contributed by atoms with Gasteiger partial charge < -0.3 is 4.74 Å². The van der Waals surface area contributed by atoms with Gasteiger partial charge in [-0.05, 0) is 37.6 Å². The van der Waals surface area contributed by atoms with Gasteiger partial charge in [0, 0.05) is 15.6 Å². The zero-order chi connectivity index (χ0) is 12.3. The fraction of sp³-hybridized carbons (Fsp3) is 0.357. The number of rotatable bonds is 4. The minimum atomic E-state index is 0.777. The highest BCUT2D eigenvalue weighted by Gasteiger charge is 2.03. The molecule has 0 bridgehead atoms. The van der Waals surface area contributed by atoms with Crippen molar-refractivity contribution in [3.8, 4) is 5.75 Å². The number of nitrogens with zero attached hydrogens (tertiary/aromatic N) is 1. The summed E-state index contributed by atoms with van der Waals surface area (Å²) in [6.45, 7) is 4.93. The van der Waals surface area contributed by atoms with Gasteiger partial charge in [0.05, 0.1) is 12.1 Å². The van der Waals surface area contributed by atoms with Crippen LogP contribution >= 0.6 is 15.9 Å². The first-order chi connectivity index (χ1) is 8.20. The van der Waals surface area contributed by atoms with Crippen LogP contribution < -0.4 is 4.74 Å². The molecule has 0 N–H and O–H groups in total. The predicted molar refractivity (Wildman–Crippen MR) is 74.6 cm³/mol. The summed E-state index contributed by atoms with van der Waals surface area (Å²) in [7, 11) is 0. The van der Waals surface area contributed by atoms with E-state index in [1.165, 1.54) is 0 Å². The molecule has 0 radical (unpaired) electrons. The quantitative estimate of drug-likeness (QED) is 0.775. The number of halogens is 1. The molecule has 2 nitrogen and oxygen atoms in total. The van der Waals surface area contributed by atoms with Crippen molar-refractivity contribution in [2.45, 2.75) is 26.7 Å². The molecule has 0 aliphatic rings. The van der Waals surface area contributed by atoms with Gasteiger partial charge in [-0.2, -0.15) is 0 Å². The fourth-order valence-corrected chi connectivity index (χ4v) is 2.36. The third-order valence-corrected chi connectivity index (χ3v) is 3.28. The first kappa shape index (κ1) is 12.4. The van der Waals surface area contributed by atoms with Crippen molar-refractivity contribution in [1.29, 1.82) is 0 Å². The summed E-state index contributed by atoms with van der Waals surface area (Å²) in [5.41, 5.74) is 2.02. The molecule has 0 atom stereocenters. The maximum Gasteiger partial charge on any atom is 0.120 e. The number of hydrogen-bond acceptors (Lipinski definition) is 2. The molecule has 0 spiro atoms. The number of benzene rings is 1. The van der Waals surface area contributed by atoms with Gasteiger partial charge in [0.2, 0.25) is 0 Å². The van der Waals surface area contributed by atoms with Crippen molar-refractivity contribution < 1.29 is 4.74 Å². The molecule has 17 heavy (non-hydrogen) atoms. The molecule has 1 heterocycles. The summed E-state index contributed by atoms with van der Waals surface area (Å²) in [6.07, 6.45) is 2.24. The molecule has 90 valence electrons. The zero-order valence-corrected chi connectivity index (χ0v) is 11.8. The van der Waals surface area contributed by atoms with Crippen molar-refractivity contribution in [1.82, 2.24) is 4.98 Å². The Morgan fingerprint density at radius 1 is 1.29 bits per heavy atom. The standard InChI is InChI=1S/C14H16BrNO/c1-3-4-7-17-11-5-6-14-12(9-11)13(15)8-10(2)16-14/h5-6,8-9H,3-4,7H2,1-2H3. The molecule has 0 aliphatic heterocycles. The Bertz CT molecular complexity index is 525. The monoisotopic (exact) mass is 293 g/mol. The molecule has 3 heteroatoms. The van der Waals surface area contributed by atoms with Gasteiger partial charge in [-0.1, -0.05) is 29.3 Å². The van der Waals surface area contributed by atoms with Gasteiger partial charge in [-0.25, -0.2) is 0 Å². The predicted octanol–water partition coefficient (Wildman–Crippen LogP) is 4.48. The van der Waals surface area contributed by atoms with Crippen LogP contribution in [0.3, 0.4) is 0 Å². The lowest BCUT2D eigenvalue weighted by Crippen LogP contribution is -1.96. The van der Waals surface area contributed by atoms with Gasteiger partial charge in [-0.3, -0.25) is 4.98 Å². The summed E-state index contributed by atoms with van der Waals surface area (Å²) < 4.78 is 6.76. The lowest BCUT2D eigenvalue weighted by molar-refractivity contribution is 0.310. The largest absolute Gasteiger partial charge is 0.494 e. The Morgan fingerprint density at radius 2 is 2.12 bits per heavy atom. The van der Waals surface area contributed by atoms with Crippen LogP contribution in [0.2, 0.25) is 0 Å². The Balaban J connectivity index is 2.30. The Hall–Kier alpha value is -1.09. The maximum atomic E-state index is 5.69. The van der Waals surface area contributed by atoms with Gasteiger partial charge in [0.25, 0.3) is 0 Å². The number of hydrogen-bond donors (Lipinski definition) is 0. The highest BCUT2D eigenvalue weighted by molar-refractivity contribution is 9.10. The van der Waals surface area contributed by atoms with Gasteiger partial charge >= 0.3 is 0 Å². The van der Waals surface area contributed by atoms with Crippen LogP contribution in [0.25, 0.3) is 10.9 Å². The minimum Gasteiger partial charge on any atom is -0.494 e. The van der Waals surface area contributed by atoms with Crippen LogP contribution in [-0.2, 0) is 0 Å². The fourth-order valence-electron chi connectivity index (χ4n) is 1.71. The molecule has 0 unspecified atom stereocenters. The van der Waals surface area contributed by atoms with Crippen LogP contribution in [-0.4, -0.2) is 11.6 Å². The molecule has 0 saturated carbocycles. The number of aryl methyl sites for hydroxylation is 1. The molecule has 0 fully saturated rings. The van der Waals surface area contributed by atoms with Crippen molar-refractivity contribution in [3.63, 3.8) is 0 Å². The average Bonchev–Trinajstić information content (AvgIpc) is 2.30. The van der Waals surface area contributed by atoms with E-state index in [4.69, 9.17) is 4.74 Å². The second-order valence-electron chi connectivity index (χ2n) is 4.13. The summed E-state index contributed by atoms with van der Waals surface area (Å²) in [6, 6.07) is 8.06. The third kappa shape index (κ3) is 2.97. The van der Waals surface area contributed by atoms with Crippen LogP contribution in [0, 0.1) is 6.92 Å². The lowest BCUT2D eigenvalue weighted by Gasteiger charge is -2.07. The lowest BCUT2D eigenvalue weighted by atomic mass is 10.2. The molecule has 2 rings (SSSR count). The number of aromatic nitrogens is 1. The average molecular weight is 294 g/mol. The molecular formula is C14H16BrNO. The maximum absolute atomic E-state index is 5.69. The van der Waals surface area contributed by atoms with E-state index in [0.717, 1.165) is 46.3 Å². The SMILES string of the molecule is CCCCOc1ccc2nc(C)cc(Br)c2c1. The number of ether oxygens (including phenoxy) is 1. The van der Waals surface area contributed by atoms with Crippen molar-refractivity contribution in [3.05, 3.63) is 34.4 Å². The van der Waals surface area contributed by atoms with Crippen LogP contribution in [0.15, 0.2) is 28.7 Å². The van der Waals surface area contributed by atoms with E-state index in [1.54, 1.807) is 0 Å². The van der Waals surface area contributed by atoms with E-state index >= 15 is 0 Å². The summed E-state index contributed by atoms with van der Waals surface area (Å²) >= 11 is 3.57. The van der Waals surface area contributed by atoms with Crippen molar-refractivity contribution >= 4 is 26.8 Å². The molecule has 2 aromatic rings. The highest BCUT2D eigenvalue weighted by atomic mass is 79.9. The topological polar surface area (TPSA) is 22.1 Å². The molecule has 1 aromatic heterocycles. The van der Waals surface area contributed by atoms with E-state index in [9.17, 15) is 0 Å². The highest BCUT2D eigenvalue weighted by Crippen LogP contribution is 2.27. The Morgan fingerprint density at radius 3 is 2.88 bits per heavy atom. The van der Waals surface area contributed by atoms with Gasteiger partial charge in [0.15, 0.2) is 0 Å². The van der Waals surface area contributed by atoms with Gasteiger partial charge in [-0.15, -0.1) is 0 Å². The normalized spacial score (nSPS) is 10.8. The van der Waals surface area contributed by atoms with Crippen LogP contribution in [0.5, 0.6) is 5.75 Å². The van der Waals surface area contributed by atoms with E-state index in [2.05, 4.69) is 27.8 Å². The second kappa shape index (κ2) is 5.50. The molecule has 1 aromatic carbocycles. The Labute approximate surface area is 110 Å². The van der Waals surface area contributed by atoms with Crippen LogP contribution in [0.1, 0.15) is 25.5 Å². The zero-order valence-electron chi connectivity index (χ0n) is 10.2. The van der Waals surface area contributed by atoms with Gasteiger partial charge in [0.1, 0.15) is 5.75 Å². The third-order valence-electron chi connectivity index (χ3n) is 2.62. The second-order valence-corrected chi connectivity index (χ2v) is 4.98. The summed E-state index contributed by atoms with van der Waals surface area (Å²) in [4.78, 5) is 4.49. The Kier molecular flexibility index (Phi) is 4.00.